The molecule has 3 N–H and O–H groups in total. The number of phenolic OH excluding ortho intramolecular Hbond substituents is 1. The van der Waals surface area contributed by atoms with Crippen molar-refractivity contribution in [1.82, 2.24) is 0 Å². The summed E-state index contributed by atoms with van der Waals surface area (Å²) < 4.78 is 0. The first-order chi connectivity index (χ1) is 6.52. The molecule has 0 spiro atoms. The molecule has 0 bridgehead atoms. The van der Waals surface area contributed by atoms with Crippen molar-refractivity contribution in [2.75, 3.05) is 0 Å². The SMILES string of the molecule is C=C(C)C[C@@H](N)c1cccc(Cl)c1O.Cl. The van der Waals surface area contributed by atoms with Gasteiger partial charge in [-0.2, -0.15) is 0 Å². The van der Waals surface area contributed by atoms with Gasteiger partial charge in [-0.05, 0) is 19.4 Å². The van der Waals surface area contributed by atoms with E-state index < -0.39 is 0 Å². The van der Waals surface area contributed by atoms with Crippen molar-refractivity contribution in [1.29, 1.82) is 0 Å². The number of hydrogen-bond donors (Lipinski definition) is 2. The predicted octanol–water partition coefficient (Wildman–Crippen LogP) is 3.43. The Labute approximate surface area is 101 Å². The Hall–Kier alpha value is -0.700. The van der Waals surface area contributed by atoms with Crippen LogP contribution in [0.15, 0.2) is 30.4 Å². The molecule has 0 unspecified atom stereocenters. The molecule has 84 valence electrons. The Bertz CT molecular complexity index is 352. The average molecular weight is 248 g/mol. The molecule has 0 saturated carbocycles. The van der Waals surface area contributed by atoms with E-state index in [1.807, 2.05) is 6.92 Å². The molecule has 0 aliphatic carbocycles. The van der Waals surface area contributed by atoms with Gasteiger partial charge in [0, 0.05) is 11.6 Å². The zero-order chi connectivity index (χ0) is 10.7. The summed E-state index contributed by atoms with van der Waals surface area (Å²) in [4.78, 5) is 0. The highest BCUT2D eigenvalue weighted by Crippen LogP contribution is 2.32. The summed E-state index contributed by atoms with van der Waals surface area (Å²) in [6, 6.07) is 4.93. The van der Waals surface area contributed by atoms with Gasteiger partial charge in [0.15, 0.2) is 0 Å². The van der Waals surface area contributed by atoms with Crippen LogP contribution >= 0.6 is 24.0 Å². The molecule has 0 aromatic heterocycles. The molecule has 1 aromatic rings. The third kappa shape index (κ3) is 3.74. The van der Waals surface area contributed by atoms with Gasteiger partial charge >= 0.3 is 0 Å². The first-order valence-electron chi connectivity index (χ1n) is 4.39. The maximum Gasteiger partial charge on any atom is 0.138 e. The minimum atomic E-state index is -0.244. The van der Waals surface area contributed by atoms with Crippen LogP contribution in [-0.2, 0) is 0 Å². The van der Waals surface area contributed by atoms with Crippen molar-refractivity contribution in [2.45, 2.75) is 19.4 Å². The van der Waals surface area contributed by atoms with Crippen LogP contribution in [0.4, 0.5) is 0 Å². The molecular formula is C11H15Cl2NO. The van der Waals surface area contributed by atoms with Gasteiger partial charge < -0.3 is 10.8 Å². The molecule has 0 aliphatic rings. The number of hydrogen-bond acceptors (Lipinski definition) is 2. The van der Waals surface area contributed by atoms with Crippen LogP contribution in [0, 0.1) is 0 Å². The number of aromatic hydroxyl groups is 1. The molecule has 4 heteroatoms. The highest BCUT2D eigenvalue weighted by atomic mass is 35.5. The van der Waals surface area contributed by atoms with Crippen LogP contribution in [0.2, 0.25) is 5.02 Å². The van der Waals surface area contributed by atoms with Crippen molar-refractivity contribution < 1.29 is 5.11 Å². The largest absolute Gasteiger partial charge is 0.506 e. The van der Waals surface area contributed by atoms with Crippen molar-refractivity contribution in [3.8, 4) is 5.75 Å². The zero-order valence-corrected chi connectivity index (χ0v) is 10.1. The van der Waals surface area contributed by atoms with Gasteiger partial charge in [0.05, 0.1) is 5.02 Å². The predicted molar refractivity (Wildman–Crippen MR) is 66.7 cm³/mol. The fraction of sp³-hybridized carbons (Fsp3) is 0.273. The van der Waals surface area contributed by atoms with E-state index in [-0.39, 0.29) is 24.2 Å². The van der Waals surface area contributed by atoms with Gasteiger partial charge in [0.1, 0.15) is 5.75 Å². The summed E-state index contributed by atoms with van der Waals surface area (Å²) in [5.74, 6) is 0.0721. The molecule has 0 amide bonds. The summed E-state index contributed by atoms with van der Waals surface area (Å²) in [5, 5.41) is 9.97. The lowest BCUT2D eigenvalue weighted by Crippen LogP contribution is -2.10. The molecule has 15 heavy (non-hydrogen) atoms. The summed E-state index contributed by atoms with van der Waals surface area (Å²) >= 11 is 5.77. The lowest BCUT2D eigenvalue weighted by molar-refractivity contribution is 0.461. The fourth-order valence-corrected chi connectivity index (χ4v) is 1.50. The number of rotatable bonds is 3. The second-order valence-corrected chi connectivity index (χ2v) is 3.85. The maximum absolute atomic E-state index is 9.64. The van der Waals surface area contributed by atoms with Crippen molar-refractivity contribution in [3.63, 3.8) is 0 Å². The molecule has 0 saturated heterocycles. The third-order valence-corrected chi connectivity index (χ3v) is 2.29. The second kappa shape index (κ2) is 6.01. The smallest absolute Gasteiger partial charge is 0.138 e. The first-order valence-corrected chi connectivity index (χ1v) is 4.77. The van der Waals surface area contributed by atoms with Crippen LogP contribution in [-0.4, -0.2) is 5.11 Å². The Morgan fingerprint density at radius 2 is 2.20 bits per heavy atom. The molecule has 1 rings (SSSR count). The molecule has 1 aromatic carbocycles. The summed E-state index contributed by atoms with van der Waals surface area (Å²) in [6.07, 6.45) is 0.647. The minimum absolute atomic E-state index is 0. The van der Waals surface area contributed by atoms with Crippen LogP contribution in [0.25, 0.3) is 0 Å². The van der Waals surface area contributed by atoms with Crippen molar-refractivity contribution in [2.24, 2.45) is 5.73 Å². The number of phenols is 1. The van der Waals surface area contributed by atoms with E-state index in [2.05, 4.69) is 6.58 Å². The Balaban J connectivity index is 0.00000196. The standard InChI is InChI=1S/C11H14ClNO.ClH/c1-7(2)6-10(13)8-4-3-5-9(12)11(8)14;/h3-5,10,14H,1,6,13H2,2H3;1H/t10-;/m1./s1. The Kier molecular flexibility index (Phi) is 5.73. The summed E-state index contributed by atoms with van der Waals surface area (Å²) in [5.41, 5.74) is 7.54. The highest BCUT2D eigenvalue weighted by molar-refractivity contribution is 6.32. The van der Waals surface area contributed by atoms with Crippen LogP contribution in [0.5, 0.6) is 5.75 Å². The Morgan fingerprint density at radius 1 is 1.60 bits per heavy atom. The molecule has 1 atom stereocenters. The molecular weight excluding hydrogens is 233 g/mol. The van der Waals surface area contributed by atoms with Gasteiger partial charge in [-0.25, -0.2) is 0 Å². The minimum Gasteiger partial charge on any atom is -0.506 e. The van der Waals surface area contributed by atoms with E-state index in [4.69, 9.17) is 17.3 Å². The molecule has 0 radical (unpaired) electrons. The summed E-state index contributed by atoms with van der Waals surface area (Å²) in [7, 11) is 0. The van der Waals surface area contributed by atoms with Gasteiger partial charge in [-0.15, -0.1) is 19.0 Å². The normalized spacial score (nSPS) is 11.7. The Morgan fingerprint density at radius 3 is 2.73 bits per heavy atom. The van der Waals surface area contributed by atoms with Crippen molar-refractivity contribution in [3.05, 3.63) is 40.9 Å². The van der Waals surface area contributed by atoms with Crippen molar-refractivity contribution >= 4 is 24.0 Å². The van der Waals surface area contributed by atoms with E-state index >= 15 is 0 Å². The van der Waals surface area contributed by atoms with Gasteiger partial charge in [-0.3, -0.25) is 0 Å². The van der Waals surface area contributed by atoms with E-state index in [1.165, 1.54) is 0 Å². The van der Waals surface area contributed by atoms with Gasteiger partial charge in [0.2, 0.25) is 0 Å². The number of benzene rings is 1. The summed E-state index contributed by atoms with van der Waals surface area (Å²) in [6.45, 7) is 5.68. The second-order valence-electron chi connectivity index (χ2n) is 3.45. The highest BCUT2D eigenvalue weighted by Gasteiger charge is 2.12. The quantitative estimate of drug-likeness (QED) is 0.805. The fourth-order valence-electron chi connectivity index (χ4n) is 1.32. The number of para-hydroxylation sites is 1. The van der Waals surface area contributed by atoms with Crippen LogP contribution in [0.3, 0.4) is 0 Å². The molecule has 0 fully saturated rings. The monoisotopic (exact) mass is 247 g/mol. The topological polar surface area (TPSA) is 46.2 Å². The lowest BCUT2D eigenvalue weighted by atomic mass is 10.0. The zero-order valence-electron chi connectivity index (χ0n) is 8.53. The van der Waals surface area contributed by atoms with E-state index in [0.29, 0.717) is 17.0 Å². The lowest BCUT2D eigenvalue weighted by Gasteiger charge is -2.13. The molecule has 0 aliphatic heterocycles. The van der Waals surface area contributed by atoms with Gasteiger partial charge in [-0.1, -0.05) is 29.3 Å². The van der Waals surface area contributed by atoms with Crippen LogP contribution in [0.1, 0.15) is 24.9 Å². The number of halogens is 2. The maximum atomic E-state index is 9.64. The third-order valence-electron chi connectivity index (χ3n) is 1.99. The van der Waals surface area contributed by atoms with Crippen LogP contribution < -0.4 is 5.73 Å². The average Bonchev–Trinajstić information content (AvgIpc) is 2.08. The van der Waals surface area contributed by atoms with Gasteiger partial charge in [0.25, 0.3) is 0 Å². The number of nitrogens with two attached hydrogens (primary N) is 1. The van der Waals surface area contributed by atoms with E-state index in [1.54, 1.807) is 18.2 Å². The first kappa shape index (κ1) is 14.3. The van der Waals surface area contributed by atoms with E-state index in [0.717, 1.165) is 5.57 Å². The molecule has 2 nitrogen and oxygen atoms in total. The molecule has 0 heterocycles. The van der Waals surface area contributed by atoms with E-state index in [9.17, 15) is 5.11 Å².